The normalized spacial score (nSPS) is 47.7. The quantitative estimate of drug-likeness (QED) is 0.446. The Morgan fingerprint density at radius 2 is 1.73 bits per heavy atom. The zero-order valence-electron chi connectivity index (χ0n) is 21.3. The van der Waals surface area contributed by atoms with Crippen molar-refractivity contribution in [1.82, 2.24) is 0 Å². The lowest BCUT2D eigenvalue weighted by Gasteiger charge is -2.65. The topological polar surface area (TPSA) is 63.6 Å². The van der Waals surface area contributed by atoms with Crippen molar-refractivity contribution in [3.8, 4) is 0 Å². The number of carbonyl (C=O) groups excluding carboxylic acids is 1. The minimum Gasteiger partial charge on any atom is -0.481 e. The van der Waals surface area contributed by atoms with Crippen molar-refractivity contribution in [2.75, 3.05) is 0 Å². The van der Waals surface area contributed by atoms with Gasteiger partial charge in [0.25, 0.3) is 0 Å². The van der Waals surface area contributed by atoms with Crippen LogP contribution in [0.25, 0.3) is 0 Å². The third-order valence-electron chi connectivity index (χ3n) is 11.2. The number of ether oxygens (including phenoxy) is 1. The van der Waals surface area contributed by atoms with Crippen molar-refractivity contribution >= 4 is 11.9 Å². The highest BCUT2D eigenvalue weighted by atomic mass is 19.1. The van der Waals surface area contributed by atoms with Gasteiger partial charge in [0.05, 0.1) is 0 Å². The van der Waals surface area contributed by atoms with Crippen molar-refractivity contribution in [3.05, 3.63) is 0 Å². The fourth-order valence-corrected chi connectivity index (χ4v) is 9.78. The molecule has 0 saturated heterocycles. The molecule has 0 spiro atoms. The second-order valence-electron chi connectivity index (χ2n) is 12.6. The van der Waals surface area contributed by atoms with Crippen LogP contribution < -0.4 is 0 Å². The predicted octanol–water partition coefficient (Wildman–Crippen LogP) is 6.66. The molecule has 33 heavy (non-hydrogen) atoms. The van der Waals surface area contributed by atoms with E-state index >= 15 is 0 Å². The van der Waals surface area contributed by atoms with Crippen molar-refractivity contribution in [2.24, 2.45) is 52.3 Å². The Labute approximate surface area is 199 Å². The number of hydrogen-bond acceptors (Lipinski definition) is 3. The van der Waals surface area contributed by atoms with Crippen LogP contribution in [0.3, 0.4) is 0 Å². The summed E-state index contributed by atoms with van der Waals surface area (Å²) >= 11 is 0. The molecule has 4 rings (SSSR count). The van der Waals surface area contributed by atoms with E-state index in [0.717, 1.165) is 44.9 Å². The van der Waals surface area contributed by atoms with Gasteiger partial charge in [-0.25, -0.2) is 4.39 Å². The molecule has 4 fully saturated rings. The summed E-state index contributed by atoms with van der Waals surface area (Å²) in [6.07, 6.45) is 7.85. The number of rotatable bonds is 6. The first kappa shape index (κ1) is 25.0. The molecule has 5 heteroatoms. The first-order chi connectivity index (χ1) is 15.5. The van der Waals surface area contributed by atoms with Gasteiger partial charge >= 0.3 is 11.9 Å². The Hall–Kier alpha value is -1.13. The Balaban J connectivity index is 1.69. The number of hydrogen-bond donors (Lipinski definition) is 1. The molecule has 0 aromatic carbocycles. The van der Waals surface area contributed by atoms with Gasteiger partial charge in [-0.1, -0.05) is 27.7 Å². The van der Waals surface area contributed by atoms with E-state index in [2.05, 4.69) is 27.7 Å². The van der Waals surface area contributed by atoms with Gasteiger partial charge in [0.1, 0.15) is 12.3 Å². The smallest absolute Gasteiger partial charge is 0.303 e. The van der Waals surface area contributed by atoms with Gasteiger partial charge in [-0.3, -0.25) is 9.59 Å². The average Bonchev–Trinajstić information content (AvgIpc) is 3.10. The second-order valence-corrected chi connectivity index (χ2v) is 12.6. The molecular weight excluding hydrogens is 419 g/mol. The van der Waals surface area contributed by atoms with Crippen molar-refractivity contribution < 1.29 is 23.8 Å². The van der Waals surface area contributed by atoms with E-state index < -0.39 is 12.1 Å². The van der Waals surface area contributed by atoms with E-state index in [9.17, 15) is 19.1 Å². The summed E-state index contributed by atoms with van der Waals surface area (Å²) in [6.45, 7) is 10.8. The van der Waals surface area contributed by atoms with Crippen molar-refractivity contribution in [2.45, 2.75) is 111 Å². The summed E-state index contributed by atoms with van der Waals surface area (Å²) < 4.78 is 20.8. The first-order valence-corrected chi connectivity index (χ1v) is 13.6. The van der Waals surface area contributed by atoms with Gasteiger partial charge in [-0.15, -0.1) is 0 Å². The Morgan fingerprint density at radius 3 is 2.36 bits per heavy atom. The highest BCUT2D eigenvalue weighted by Crippen LogP contribution is 2.70. The van der Waals surface area contributed by atoms with Gasteiger partial charge in [-0.05, 0) is 104 Å². The number of carboxylic acid groups (broad SMARTS) is 1. The molecule has 4 nitrogen and oxygen atoms in total. The molecular formula is C28H45FO4. The molecule has 4 aliphatic carbocycles. The number of aliphatic carboxylic acids is 1. The zero-order chi connectivity index (χ0) is 24.1. The van der Waals surface area contributed by atoms with Crippen molar-refractivity contribution in [1.29, 1.82) is 0 Å². The third kappa shape index (κ3) is 4.14. The number of esters is 1. The molecule has 0 radical (unpaired) electrons. The van der Waals surface area contributed by atoms with Crippen LogP contribution in [0.15, 0.2) is 0 Å². The lowest BCUT2D eigenvalue weighted by Crippen LogP contribution is -2.62. The number of fused-ring (bicyclic) bond motifs is 5. The van der Waals surface area contributed by atoms with E-state index in [-0.39, 0.29) is 41.2 Å². The Kier molecular flexibility index (Phi) is 6.92. The summed E-state index contributed by atoms with van der Waals surface area (Å²) in [5.41, 5.74) is 0.287. The van der Waals surface area contributed by atoms with Gasteiger partial charge < -0.3 is 9.84 Å². The molecule has 4 aliphatic rings. The summed E-state index contributed by atoms with van der Waals surface area (Å²) in [7, 11) is 0. The van der Waals surface area contributed by atoms with E-state index in [1.54, 1.807) is 0 Å². The molecule has 0 aromatic rings. The second kappa shape index (κ2) is 9.15. The van der Waals surface area contributed by atoms with Crippen LogP contribution in [0.5, 0.6) is 0 Å². The van der Waals surface area contributed by atoms with E-state index in [1.807, 2.05) is 0 Å². The Bertz CT molecular complexity index is 754. The summed E-state index contributed by atoms with van der Waals surface area (Å²) in [4.78, 5) is 23.5. The monoisotopic (exact) mass is 464 g/mol. The van der Waals surface area contributed by atoms with Crippen LogP contribution in [0.4, 0.5) is 4.39 Å². The van der Waals surface area contributed by atoms with Crippen LogP contribution >= 0.6 is 0 Å². The van der Waals surface area contributed by atoms with Crippen molar-refractivity contribution in [3.63, 3.8) is 0 Å². The van der Waals surface area contributed by atoms with E-state index in [4.69, 9.17) is 4.74 Å². The van der Waals surface area contributed by atoms with E-state index in [1.165, 1.54) is 6.92 Å². The number of halogens is 1. The van der Waals surface area contributed by atoms with Crippen LogP contribution in [0.1, 0.15) is 98.8 Å². The fraction of sp³-hybridized carbons (Fsp3) is 0.929. The van der Waals surface area contributed by atoms with Crippen LogP contribution in [0.2, 0.25) is 0 Å². The highest BCUT2D eigenvalue weighted by molar-refractivity contribution is 5.66. The molecule has 0 bridgehead atoms. The van der Waals surface area contributed by atoms with Crippen LogP contribution in [0, 0.1) is 52.3 Å². The molecule has 4 saturated carbocycles. The van der Waals surface area contributed by atoms with Gasteiger partial charge in [0, 0.05) is 19.3 Å². The molecule has 11 atom stereocenters. The van der Waals surface area contributed by atoms with Gasteiger partial charge in [0.2, 0.25) is 0 Å². The summed E-state index contributed by atoms with van der Waals surface area (Å²) in [6, 6.07) is 0. The number of alkyl halides is 1. The molecule has 0 amide bonds. The minimum absolute atomic E-state index is 0.112. The number of carboxylic acids is 1. The maximum absolute atomic E-state index is 14.6. The maximum atomic E-state index is 14.6. The van der Waals surface area contributed by atoms with E-state index in [0.29, 0.717) is 42.4 Å². The molecule has 0 aliphatic heterocycles. The first-order valence-electron chi connectivity index (χ1n) is 13.6. The molecule has 188 valence electrons. The highest BCUT2D eigenvalue weighted by Gasteiger charge is 2.66. The lowest BCUT2D eigenvalue weighted by atomic mass is 9.41. The predicted molar refractivity (Wildman–Crippen MR) is 126 cm³/mol. The maximum Gasteiger partial charge on any atom is 0.303 e. The van der Waals surface area contributed by atoms with Gasteiger partial charge in [-0.2, -0.15) is 0 Å². The summed E-state index contributed by atoms with van der Waals surface area (Å²) in [5, 5.41) is 9.21. The molecule has 0 aromatic heterocycles. The van der Waals surface area contributed by atoms with Crippen LogP contribution in [-0.4, -0.2) is 29.3 Å². The zero-order valence-corrected chi connectivity index (χ0v) is 21.3. The largest absolute Gasteiger partial charge is 0.481 e. The SMILES string of the molecule is CC[C@H]1[C@@H](OC(C)=O)[C@@H]2[C@H](CC[C@]3(C)C([C@H](C)CCC(=O)O)CC[C@@H]23)[C@@]2(C)CC[C@H](F)C[C@@H]12. The average molecular weight is 465 g/mol. The minimum atomic E-state index is -0.730. The van der Waals surface area contributed by atoms with Crippen LogP contribution in [-0.2, 0) is 14.3 Å². The fourth-order valence-electron chi connectivity index (χ4n) is 9.78. The molecule has 1 N–H and O–H groups in total. The Morgan fingerprint density at radius 1 is 1.06 bits per heavy atom. The standard InChI is InChI=1S/C28H45FO4/c1-6-19-23-15-18(29)11-13-28(23,5)22-12-14-27(4)20(16(2)7-10-24(31)32)8-9-21(27)25(22)26(19)33-17(3)30/h16,18-23,25-26H,6-15H2,1-5H3,(H,31,32)/t16-,18+,19-,20?,21+,22+,23+,25+,26-,27-,28-/m1/s1. The molecule has 0 heterocycles. The van der Waals surface area contributed by atoms with Gasteiger partial charge in [0.15, 0.2) is 0 Å². The molecule has 1 unspecified atom stereocenters. The number of carbonyl (C=O) groups is 2. The lowest BCUT2D eigenvalue weighted by molar-refractivity contribution is -0.214. The summed E-state index contributed by atoms with van der Waals surface area (Å²) in [5.74, 6) is 1.82. The third-order valence-corrected chi connectivity index (χ3v) is 11.2.